The Balaban J connectivity index is -0.00000000384. The average Bonchev–Trinajstić information content (AvgIpc) is 1.76. The van der Waals surface area contributed by atoms with Crippen LogP contribution in [0.4, 0.5) is 9.59 Å². The van der Waals surface area contributed by atoms with Gasteiger partial charge in [-0.3, -0.25) is 0 Å². The van der Waals surface area contributed by atoms with Crippen LogP contribution in [0.25, 0.3) is 61.5 Å². The Morgan fingerprint density at radius 3 is 0.517 bits per heavy atom. The number of nitrogens with zero attached hydrogens (tertiary/aromatic N) is 2. The third-order valence-corrected chi connectivity index (χ3v) is 0. The van der Waals surface area contributed by atoms with Crippen LogP contribution in [0.1, 0.15) is 0 Å². The van der Waals surface area contributed by atoms with Gasteiger partial charge in [-0.25, -0.2) is 0 Å². The van der Waals surface area contributed by atoms with Crippen LogP contribution in [0, 0.1) is 30.6 Å². The Morgan fingerprint density at radius 1 is 0.517 bits per heavy atom. The molecule has 0 bridgehead atoms. The quantitative estimate of drug-likeness (QED) is 0.327. The topological polar surface area (TPSA) is 620 Å². The van der Waals surface area contributed by atoms with Crippen molar-refractivity contribution in [1.82, 2.24) is 0 Å². The van der Waals surface area contributed by atoms with Crippen LogP contribution in [0.15, 0.2) is 0 Å². The fourth-order valence-corrected chi connectivity index (χ4v) is 0. The molecule has 0 aromatic heterocycles. The Morgan fingerprint density at radius 2 is 0.517 bits per heavy atom. The summed E-state index contributed by atoms with van der Waals surface area (Å²) in [4.78, 5) is 33.4. The molecule has 0 aliphatic carbocycles. The van der Waals surface area contributed by atoms with Crippen molar-refractivity contribution in [2.45, 2.75) is 0 Å². The Kier molecular flexibility index (Phi) is 1110. The van der Waals surface area contributed by atoms with E-state index in [0.29, 0.717) is 0 Å². The maximum Gasteiger partial charge on any atom is 2.00 e. The molecule has 0 aromatic carbocycles. The monoisotopic (exact) mass is 542 g/mol. The van der Waals surface area contributed by atoms with Crippen molar-refractivity contribution in [3.05, 3.63) is 92.1 Å². The van der Waals surface area contributed by atoms with Gasteiger partial charge in [0.1, 0.15) is 0 Å². The van der Waals surface area contributed by atoms with Crippen molar-refractivity contribution in [3.63, 3.8) is 0 Å². The summed E-state index contributed by atoms with van der Waals surface area (Å²) in [6.07, 6.45) is -4.17. The van der Waals surface area contributed by atoms with Crippen LogP contribution in [0.5, 0.6) is 0 Å². The van der Waals surface area contributed by atoms with Crippen LogP contribution in [-0.4, -0.2) is 38.2 Å². The molecule has 0 aromatic rings. The molecule has 0 saturated heterocycles. The van der Waals surface area contributed by atoms with Gasteiger partial charge in [0, 0.05) is 0 Å². The summed E-state index contributed by atoms with van der Waals surface area (Å²) in [5.41, 5.74) is 0. The van der Waals surface area contributed by atoms with Crippen molar-refractivity contribution in [2.75, 3.05) is 0 Å². The van der Waals surface area contributed by atoms with Gasteiger partial charge in [-0.15, -0.1) is 0 Å². The van der Waals surface area contributed by atoms with Crippen molar-refractivity contribution in [3.8, 4) is 0 Å². The molecule has 29 heavy (non-hydrogen) atoms. The second-order valence-corrected chi connectivity index (χ2v) is 0.979. The number of nitrogens with two attached hydrogens (primary N) is 10. The van der Waals surface area contributed by atoms with Gasteiger partial charge in [0.25, 0.3) is 0 Å². The van der Waals surface area contributed by atoms with Crippen molar-refractivity contribution >= 4 is 12.3 Å². The van der Waals surface area contributed by atoms with Gasteiger partial charge in [0.15, 0.2) is 0 Å². The molecule has 0 heterocycles. The Hall–Kier alpha value is -2.49. The smallest absolute Gasteiger partial charge is 0.693 e. The first kappa shape index (κ1) is 191. The zero-order chi connectivity index (χ0) is 14.3. The third-order valence-electron chi connectivity index (χ3n) is 0. The predicted molar refractivity (Wildman–Crippen MR) is 93.2 cm³/mol. The second-order valence-electron chi connectivity index (χ2n) is 0.979. The Bertz CT molecular complexity index is 186. The molecule has 0 spiro atoms. The Labute approximate surface area is 184 Å². The van der Waals surface area contributed by atoms with Gasteiger partial charge >= 0.3 is 33.6 Å². The predicted octanol–water partition coefficient (Wildman–Crippen LogP) is 3.64. The van der Waals surface area contributed by atoms with Crippen molar-refractivity contribution in [2.24, 2.45) is 0 Å². The number of hydrogen-bond acceptors (Lipinski definition) is 10. The standard InChI is InChI=1S/2CH2O3.2Co.2NO3.10H2N.H2O/c2*2-1(3)4;;;2*2-1(3)4;;;;;;;;;;;/h2*(H2,2,3,4);;;;;11*1H2/q;;2*+2;12*-1;/p-2. The molecule has 198 valence electrons. The van der Waals surface area contributed by atoms with Crippen molar-refractivity contribution in [1.29, 1.82) is 0 Å². The summed E-state index contributed by atoms with van der Waals surface area (Å²) in [6.45, 7) is 0. The molecule has 27 heteroatoms. The molecule has 0 fully saturated rings. The molecular weight excluding hydrogens is 518 g/mol. The second kappa shape index (κ2) is 169. The molecule has 0 rings (SSSR count). The minimum absolute atomic E-state index is 0. The van der Waals surface area contributed by atoms with E-state index in [0.717, 1.165) is 0 Å². The van der Waals surface area contributed by atoms with Gasteiger partial charge in [-0.2, -0.15) is 0 Å². The first-order valence-electron chi connectivity index (χ1n) is 2.36. The largest absolute Gasteiger partial charge is 2.00 e. The molecule has 0 amide bonds. The van der Waals surface area contributed by atoms with Gasteiger partial charge in [0.05, 0.1) is 10.2 Å². The van der Waals surface area contributed by atoms with Crippen LogP contribution in [0.3, 0.4) is 0 Å². The number of carbonyl (C=O) groups is 2. The summed E-state index contributed by atoms with van der Waals surface area (Å²) in [7, 11) is 0. The zero-order valence-corrected chi connectivity index (χ0v) is 15.9. The van der Waals surface area contributed by atoms with Gasteiger partial charge in [-0.05, 0) is 0 Å². The molecule has 0 saturated carbocycles. The maximum atomic E-state index is 8.44. The van der Waals surface area contributed by atoms with E-state index in [1.54, 1.807) is 0 Å². The minimum atomic E-state index is -2.08. The van der Waals surface area contributed by atoms with E-state index in [-0.39, 0.29) is 101 Å². The third kappa shape index (κ3) is 2280. The summed E-state index contributed by atoms with van der Waals surface area (Å²) < 4.78 is 0. The normalized spacial score (nSPS) is 3.31. The molecule has 0 aliphatic rings. The maximum absolute atomic E-state index is 8.44. The number of rotatable bonds is 0. The first-order valence-corrected chi connectivity index (χ1v) is 2.36. The molecule has 0 atom stereocenters. The van der Waals surface area contributed by atoms with Gasteiger partial charge < -0.3 is 128 Å². The van der Waals surface area contributed by atoms with E-state index in [2.05, 4.69) is 0 Å². The zero-order valence-electron chi connectivity index (χ0n) is 13.8. The number of carboxylic acid groups (broad SMARTS) is 4. The van der Waals surface area contributed by atoms with E-state index in [1.807, 2.05) is 0 Å². The molecule has 2 radical (unpaired) electrons. The summed E-state index contributed by atoms with van der Waals surface area (Å²) in [5.74, 6) is 0. The fraction of sp³-hybridized carbons (Fsp3) is 0. The fourth-order valence-electron chi connectivity index (χ4n) is 0. The molecule has 0 aliphatic heterocycles. The van der Waals surface area contributed by atoms with Crippen molar-refractivity contribution < 1.29 is 79.2 Å². The van der Waals surface area contributed by atoms with Gasteiger partial charge in [0.2, 0.25) is 12.3 Å². The molecular formula is C2H24Co2N12O13-10. The first-order chi connectivity index (χ1) is 6.93. The van der Waals surface area contributed by atoms with E-state index >= 15 is 0 Å². The SMILES string of the molecule is O.O=C([O-])O.O=C([O-])O.O=[N+]([O-])[O-].O=[N+]([O-])[O-].[Co+2].[Co+2].[NH2-].[NH2-].[NH2-].[NH2-].[NH2-].[NH2-].[NH2-].[NH2-].[NH2-].[NH2-]. The summed E-state index contributed by atoms with van der Waals surface area (Å²) in [5, 5.41) is 60.1. The van der Waals surface area contributed by atoms with Crippen LogP contribution >= 0.6 is 0 Å². The van der Waals surface area contributed by atoms with E-state index in [1.165, 1.54) is 0 Å². The summed E-state index contributed by atoms with van der Waals surface area (Å²) in [6, 6.07) is 0. The van der Waals surface area contributed by atoms with Crippen LogP contribution in [0.2, 0.25) is 0 Å². The van der Waals surface area contributed by atoms with E-state index in [9.17, 15) is 0 Å². The average molecular weight is 542 g/mol. The molecule has 24 N–H and O–H groups in total. The molecule has 0 unspecified atom stereocenters. The summed E-state index contributed by atoms with van der Waals surface area (Å²) >= 11 is 0. The van der Waals surface area contributed by atoms with Crippen LogP contribution in [-0.2, 0) is 33.6 Å². The number of hydrogen-bond donors (Lipinski definition) is 2. The van der Waals surface area contributed by atoms with Gasteiger partial charge in [-0.1, -0.05) is 0 Å². The van der Waals surface area contributed by atoms with E-state index in [4.69, 9.17) is 60.7 Å². The van der Waals surface area contributed by atoms with Crippen LogP contribution < -0.4 is 10.2 Å². The minimum Gasteiger partial charge on any atom is -0.693 e. The van der Waals surface area contributed by atoms with E-state index < -0.39 is 22.5 Å². The molecule has 25 nitrogen and oxygen atoms in total.